The van der Waals surface area contributed by atoms with Gasteiger partial charge in [-0.15, -0.1) is 0 Å². The fourth-order valence-electron chi connectivity index (χ4n) is 1.44. The standard InChI is InChI=1S/C9H18N2O4/c1-5(2)4-6(9(13)11-14)7(15-3)8(10)12/h5-7,14H,4H2,1-3H3,(H2,10,12)(H,11,13). The fourth-order valence-corrected chi connectivity index (χ4v) is 1.44. The zero-order valence-electron chi connectivity index (χ0n) is 9.19. The van der Waals surface area contributed by atoms with Gasteiger partial charge in [0.05, 0.1) is 5.92 Å². The van der Waals surface area contributed by atoms with Gasteiger partial charge in [-0.1, -0.05) is 13.8 Å². The molecule has 0 aliphatic carbocycles. The van der Waals surface area contributed by atoms with Crippen LogP contribution in [0.5, 0.6) is 0 Å². The minimum atomic E-state index is -1.01. The average molecular weight is 218 g/mol. The van der Waals surface area contributed by atoms with Gasteiger partial charge in [0.15, 0.2) is 0 Å². The number of hydrogen-bond acceptors (Lipinski definition) is 4. The van der Waals surface area contributed by atoms with Gasteiger partial charge in [0.25, 0.3) is 0 Å². The van der Waals surface area contributed by atoms with Crippen molar-refractivity contribution < 1.29 is 19.5 Å². The van der Waals surface area contributed by atoms with E-state index in [0.29, 0.717) is 6.42 Å². The molecule has 0 saturated heterocycles. The smallest absolute Gasteiger partial charge is 0.249 e. The Balaban J connectivity index is 4.73. The van der Waals surface area contributed by atoms with Crippen LogP contribution in [0.3, 0.4) is 0 Å². The second-order valence-corrected chi connectivity index (χ2v) is 3.77. The molecular weight excluding hydrogens is 200 g/mol. The summed E-state index contributed by atoms with van der Waals surface area (Å²) in [5, 5.41) is 8.54. The van der Waals surface area contributed by atoms with Crippen LogP contribution in [-0.2, 0) is 14.3 Å². The molecule has 88 valence electrons. The first-order valence-corrected chi connectivity index (χ1v) is 4.70. The number of rotatable bonds is 6. The number of amides is 2. The molecule has 0 aliphatic heterocycles. The first kappa shape index (κ1) is 13.9. The van der Waals surface area contributed by atoms with Crippen LogP contribution in [0, 0.1) is 11.8 Å². The van der Waals surface area contributed by atoms with Gasteiger partial charge in [0.2, 0.25) is 11.8 Å². The van der Waals surface area contributed by atoms with E-state index in [0.717, 1.165) is 0 Å². The summed E-state index contributed by atoms with van der Waals surface area (Å²) in [6.45, 7) is 3.79. The van der Waals surface area contributed by atoms with Crippen LogP contribution in [0.4, 0.5) is 0 Å². The van der Waals surface area contributed by atoms with Crippen LogP contribution in [-0.4, -0.2) is 30.2 Å². The Labute approximate surface area is 88.7 Å². The number of hydroxylamine groups is 1. The van der Waals surface area contributed by atoms with Crippen LogP contribution in [0.25, 0.3) is 0 Å². The maximum absolute atomic E-state index is 11.3. The van der Waals surface area contributed by atoms with Crippen molar-refractivity contribution in [2.45, 2.75) is 26.4 Å². The Hall–Kier alpha value is -1.14. The van der Waals surface area contributed by atoms with Crippen LogP contribution in [0.15, 0.2) is 0 Å². The van der Waals surface area contributed by atoms with Gasteiger partial charge in [-0.2, -0.15) is 0 Å². The van der Waals surface area contributed by atoms with Crippen molar-refractivity contribution in [1.29, 1.82) is 0 Å². The Morgan fingerprint density at radius 2 is 2.00 bits per heavy atom. The molecule has 0 rings (SSSR count). The van der Waals surface area contributed by atoms with Crippen molar-refractivity contribution in [3.05, 3.63) is 0 Å². The first-order valence-electron chi connectivity index (χ1n) is 4.70. The molecule has 15 heavy (non-hydrogen) atoms. The second-order valence-electron chi connectivity index (χ2n) is 3.77. The third-order valence-electron chi connectivity index (χ3n) is 2.07. The van der Waals surface area contributed by atoms with Gasteiger partial charge in [-0.05, 0) is 12.3 Å². The minimum Gasteiger partial charge on any atom is -0.371 e. The monoisotopic (exact) mass is 218 g/mol. The summed E-state index contributed by atoms with van der Waals surface area (Å²) in [5.41, 5.74) is 6.60. The van der Waals surface area contributed by atoms with Crippen LogP contribution < -0.4 is 11.2 Å². The van der Waals surface area contributed by atoms with Gasteiger partial charge in [0, 0.05) is 7.11 Å². The van der Waals surface area contributed by atoms with E-state index >= 15 is 0 Å². The number of carbonyl (C=O) groups is 2. The molecular formula is C9H18N2O4. The summed E-state index contributed by atoms with van der Waals surface area (Å²) < 4.78 is 4.85. The van der Waals surface area contributed by atoms with E-state index in [1.165, 1.54) is 12.6 Å². The van der Waals surface area contributed by atoms with Crippen molar-refractivity contribution in [3.8, 4) is 0 Å². The van der Waals surface area contributed by atoms with Crippen molar-refractivity contribution in [2.24, 2.45) is 17.6 Å². The number of nitrogens with two attached hydrogens (primary N) is 1. The summed E-state index contributed by atoms with van der Waals surface area (Å²) in [4.78, 5) is 22.3. The lowest BCUT2D eigenvalue weighted by Crippen LogP contribution is -2.44. The zero-order chi connectivity index (χ0) is 12.0. The topological polar surface area (TPSA) is 102 Å². The van der Waals surface area contributed by atoms with Crippen LogP contribution in [0.1, 0.15) is 20.3 Å². The molecule has 4 N–H and O–H groups in total. The lowest BCUT2D eigenvalue weighted by Gasteiger charge is -2.22. The fraction of sp³-hybridized carbons (Fsp3) is 0.778. The molecule has 0 spiro atoms. The van der Waals surface area contributed by atoms with Crippen LogP contribution in [0.2, 0.25) is 0 Å². The SMILES string of the molecule is COC(C(N)=O)C(CC(C)C)C(=O)NO. The van der Waals surface area contributed by atoms with E-state index in [9.17, 15) is 9.59 Å². The molecule has 0 fully saturated rings. The molecule has 2 amide bonds. The number of nitrogens with one attached hydrogen (secondary N) is 1. The molecule has 0 aromatic carbocycles. The predicted molar refractivity (Wildman–Crippen MR) is 52.9 cm³/mol. The van der Waals surface area contributed by atoms with Gasteiger partial charge >= 0.3 is 0 Å². The Morgan fingerprint density at radius 1 is 1.47 bits per heavy atom. The summed E-state index contributed by atoms with van der Waals surface area (Å²) >= 11 is 0. The number of methoxy groups -OCH3 is 1. The highest BCUT2D eigenvalue weighted by molar-refractivity contribution is 5.88. The highest BCUT2D eigenvalue weighted by Crippen LogP contribution is 2.17. The highest BCUT2D eigenvalue weighted by Gasteiger charge is 2.32. The van der Waals surface area contributed by atoms with Crippen molar-refractivity contribution >= 4 is 11.8 Å². The summed E-state index contributed by atoms with van der Waals surface area (Å²) in [7, 11) is 1.30. The Morgan fingerprint density at radius 3 is 2.27 bits per heavy atom. The largest absolute Gasteiger partial charge is 0.371 e. The van der Waals surface area contributed by atoms with Gasteiger partial charge in [0.1, 0.15) is 6.10 Å². The molecule has 0 heterocycles. The average Bonchev–Trinajstić information content (AvgIpc) is 2.15. The second kappa shape index (κ2) is 6.36. The number of ether oxygens (including phenoxy) is 1. The predicted octanol–water partition coefficient (Wildman–Crippen LogP) is -0.346. The van der Waals surface area contributed by atoms with Gasteiger partial charge in [-0.3, -0.25) is 14.8 Å². The maximum atomic E-state index is 11.3. The Bertz CT molecular complexity index is 230. The van der Waals surface area contributed by atoms with E-state index in [2.05, 4.69) is 0 Å². The normalized spacial score (nSPS) is 14.7. The van der Waals surface area contributed by atoms with Crippen molar-refractivity contribution in [2.75, 3.05) is 7.11 Å². The first-order chi connectivity index (χ1) is 6.93. The minimum absolute atomic E-state index is 0.185. The third-order valence-corrected chi connectivity index (χ3v) is 2.07. The van der Waals surface area contributed by atoms with E-state index in [-0.39, 0.29) is 5.92 Å². The Kier molecular flexibility index (Phi) is 5.88. The number of carbonyl (C=O) groups excluding carboxylic acids is 2. The summed E-state index contributed by atoms with van der Waals surface area (Å²) in [5.74, 6) is -1.96. The molecule has 0 bridgehead atoms. The van der Waals surface area contributed by atoms with Gasteiger partial charge in [-0.25, -0.2) is 5.48 Å². The lowest BCUT2D eigenvalue weighted by molar-refractivity contribution is -0.146. The molecule has 6 heteroatoms. The van der Waals surface area contributed by atoms with Crippen LogP contribution >= 0.6 is 0 Å². The van der Waals surface area contributed by atoms with Gasteiger partial charge < -0.3 is 10.5 Å². The quantitative estimate of drug-likeness (QED) is 0.419. The highest BCUT2D eigenvalue weighted by atomic mass is 16.5. The summed E-state index contributed by atoms with van der Waals surface area (Å²) in [6.07, 6.45) is -0.604. The van der Waals surface area contributed by atoms with E-state index in [1.54, 1.807) is 0 Å². The molecule has 6 nitrogen and oxygen atoms in total. The van der Waals surface area contributed by atoms with Crippen molar-refractivity contribution in [3.63, 3.8) is 0 Å². The molecule has 0 aliphatic rings. The molecule has 0 aromatic rings. The maximum Gasteiger partial charge on any atom is 0.249 e. The third kappa shape index (κ3) is 4.26. The van der Waals surface area contributed by atoms with E-state index in [4.69, 9.17) is 15.7 Å². The zero-order valence-corrected chi connectivity index (χ0v) is 9.19. The van der Waals surface area contributed by atoms with Crippen molar-refractivity contribution in [1.82, 2.24) is 5.48 Å². The number of primary amides is 1. The molecule has 2 atom stereocenters. The molecule has 2 unspecified atom stereocenters. The molecule has 0 radical (unpaired) electrons. The van der Waals surface area contributed by atoms with E-state index < -0.39 is 23.8 Å². The van der Waals surface area contributed by atoms with E-state index in [1.807, 2.05) is 13.8 Å². The molecule has 0 aromatic heterocycles. The summed E-state index contributed by atoms with van der Waals surface area (Å²) in [6, 6.07) is 0. The molecule has 0 saturated carbocycles. The lowest BCUT2D eigenvalue weighted by atomic mass is 9.91. The number of hydrogen-bond donors (Lipinski definition) is 3.